The predicted molar refractivity (Wildman–Crippen MR) is 114 cm³/mol. The minimum Gasteiger partial charge on any atom is -0.383 e. The maximum absolute atomic E-state index is 15.0. The molecule has 0 amide bonds. The molecule has 0 fully saturated rings. The zero-order chi connectivity index (χ0) is 20.1. The highest BCUT2D eigenvalue weighted by Crippen LogP contribution is 2.39. The van der Waals surface area contributed by atoms with Crippen LogP contribution in [0.25, 0.3) is 16.7 Å². The van der Waals surface area contributed by atoms with E-state index in [1.165, 1.54) is 6.07 Å². The van der Waals surface area contributed by atoms with E-state index in [4.69, 9.17) is 0 Å². The maximum Gasteiger partial charge on any atom is 0.167 e. The monoisotopic (exact) mass is 387 g/mol. The Labute approximate surface area is 169 Å². The summed E-state index contributed by atoms with van der Waals surface area (Å²) in [4.78, 5) is 21.5. The summed E-state index contributed by atoms with van der Waals surface area (Å²) in [6.45, 7) is 4.88. The number of aromatic nitrogens is 1. The third kappa shape index (κ3) is 3.01. The van der Waals surface area contributed by atoms with Crippen molar-refractivity contribution in [2.75, 3.05) is 11.9 Å². The van der Waals surface area contributed by atoms with Crippen molar-refractivity contribution >= 4 is 22.8 Å². The lowest BCUT2D eigenvalue weighted by atomic mass is 9.94. The van der Waals surface area contributed by atoms with Crippen LogP contribution in [0, 0.1) is 12.7 Å². The Kier molecular flexibility index (Phi) is 4.19. The number of rotatable bonds is 2. The van der Waals surface area contributed by atoms with Gasteiger partial charge in [0.25, 0.3) is 0 Å². The number of Topliss-reactive ketones (excluding diaryl/α,β-unsaturated/α-hetero) is 1. The number of pyridine rings is 1. The third-order valence-electron chi connectivity index (χ3n) is 5.97. The van der Waals surface area contributed by atoms with Gasteiger partial charge in [-0.3, -0.25) is 14.8 Å². The summed E-state index contributed by atoms with van der Waals surface area (Å²) in [5.41, 5.74) is 8.61. The number of aliphatic imine (C=N–C) groups is 1. The lowest BCUT2D eigenvalue weighted by molar-refractivity contribution is -0.112. The molecule has 0 saturated heterocycles. The second kappa shape index (κ2) is 6.76. The number of carbonyl (C=O) groups excluding carboxylic acids is 1. The van der Waals surface area contributed by atoms with Crippen molar-refractivity contribution in [2.24, 2.45) is 4.99 Å². The summed E-state index contributed by atoms with van der Waals surface area (Å²) in [6.07, 6.45) is 8.48. The fourth-order valence-electron chi connectivity index (χ4n) is 4.47. The van der Waals surface area contributed by atoms with Crippen molar-refractivity contribution in [1.82, 2.24) is 4.98 Å². The number of nitrogens with zero attached hydrogens (tertiary/aromatic N) is 2. The van der Waals surface area contributed by atoms with Crippen LogP contribution in [-0.4, -0.2) is 23.0 Å². The second-order valence-corrected chi connectivity index (χ2v) is 8.04. The van der Waals surface area contributed by atoms with Gasteiger partial charge in [-0.05, 0) is 67.2 Å². The van der Waals surface area contributed by atoms with Crippen molar-refractivity contribution in [1.29, 1.82) is 0 Å². The molecule has 0 saturated carbocycles. The molecular weight excluding hydrogens is 365 g/mol. The Hall–Kier alpha value is -3.08. The van der Waals surface area contributed by atoms with Crippen LogP contribution < -0.4 is 5.32 Å². The van der Waals surface area contributed by atoms with Gasteiger partial charge in [0.1, 0.15) is 5.82 Å². The summed E-state index contributed by atoms with van der Waals surface area (Å²) in [5.74, 6) is -0.276. The third-order valence-corrected chi connectivity index (χ3v) is 5.97. The molecule has 0 spiro atoms. The smallest absolute Gasteiger partial charge is 0.167 e. The Bertz CT molecular complexity index is 1160. The number of carbonyl (C=O) groups is 1. The molecule has 2 aromatic rings. The SMILES string of the molecule is CC1=NC=C(/C=C2\C(=O)Cc3cc(F)c(-c4cnc5c(c4C)NCCC5)cc32)C1. The first-order valence-electron chi connectivity index (χ1n) is 10.0. The number of ketones is 1. The van der Waals surface area contributed by atoms with E-state index in [1.807, 2.05) is 26.0 Å². The summed E-state index contributed by atoms with van der Waals surface area (Å²) in [5, 5.41) is 3.41. The number of allylic oxidation sites excluding steroid dienone is 3. The van der Waals surface area contributed by atoms with Gasteiger partial charge in [-0.1, -0.05) is 0 Å². The summed E-state index contributed by atoms with van der Waals surface area (Å²) >= 11 is 0. The zero-order valence-corrected chi connectivity index (χ0v) is 16.6. The van der Waals surface area contributed by atoms with Crippen LogP contribution in [0.1, 0.15) is 42.1 Å². The summed E-state index contributed by atoms with van der Waals surface area (Å²) in [6, 6.07) is 3.34. The fraction of sp³-hybridized carbons (Fsp3) is 0.292. The van der Waals surface area contributed by atoms with E-state index in [9.17, 15) is 4.79 Å². The van der Waals surface area contributed by atoms with Gasteiger partial charge in [-0.2, -0.15) is 0 Å². The van der Waals surface area contributed by atoms with Gasteiger partial charge in [-0.15, -0.1) is 0 Å². The topological polar surface area (TPSA) is 54.4 Å². The van der Waals surface area contributed by atoms with E-state index in [0.717, 1.165) is 70.7 Å². The molecule has 3 aliphatic rings. The van der Waals surface area contributed by atoms with Gasteiger partial charge in [-0.25, -0.2) is 4.39 Å². The van der Waals surface area contributed by atoms with E-state index in [0.29, 0.717) is 11.1 Å². The number of halogens is 1. The molecule has 2 aliphatic heterocycles. The molecule has 5 rings (SSSR count). The Morgan fingerprint density at radius 3 is 2.79 bits per heavy atom. The minimum absolute atomic E-state index is 0.0314. The number of benzene rings is 1. The first-order valence-corrected chi connectivity index (χ1v) is 10.0. The van der Waals surface area contributed by atoms with Crippen molar-refractivity contribution in [2.45, 2.75) is 39.5 Å². The molecule has 4 nitrogen and oxygen atoms in total. The van der Waals surface area contributed by atoms with Crippen LogP contribution in [0.15, 0.2) is 41.2 Å². The molecular formula is C24H22FN3O. The molecule has 146 valence electrons. The number of nitrogens with one attached hydrogen (secondary N) is 1. The molecule has 0 unspecified atom stereocenters. The van der Waals surface area contributed by atoms with Gasteiger partial charge >= 0.3 is 0 Å². The number of hydrogen-bond acceptors (Lipinski definition) is 4. The highest BCUT2D eigenvalue weighted by atomic mass is 19.1. The van der Waals surface area contributed by atoms with Crippen molar-refractivity contribution < 1.29 is 9.18 Å². The van der Waals surface area contributed by atoms with E-state index in [-0.39, 0.29) is 18.0 Å². The molecule has 0 bridgehead atoms. The lowest BCUT2D eigenvalue weighted by Crippen LogP contribution is -2.15. The Morgan fingerprint density at radius 1 is 1.14 bits per heavy atom. The molecule has 1 aliphatic carbocycles. The summed E-state index contributed by atoms with van der Waals surface area (Å²) < 4.78 is 15.0. The molecule has 1 aromatic heterocycles. The van der Waals surface area contributed by atoms with Crippen LogP contribution in [0.4, 0.5) is 10.1 Å². The first-order chi connectivity index (χ1) is 14.0. The van der Waals surface area contributed by atoms with E-state index in [2.05, 4.69) is 15.3 Å². The van der Waals surface area contributed by atoms with Crippen LogP contribution in [0.3, 0.4) is 0 Å². The number of anilines is 1. The fourth-order valence-corrected chi connectivity index (χ4v) is 4.47. The highest BCUT2D eigenvalue weighted by Gasteiger charge is 2.28. The first kappa shape index (κ1) is 18.0. The number of aryl methyl sites for hydroxylation is 1. The number of fused-ring (bicyclic) bond motifs is 2. The maximum atomic E-state index is 15.0. The van der Waals surface area contributed by atoms with Crippen LogP contribution in [0.2, 0.25) is 0 Å². The Morgan fingerprint density at radius 2 is 2.00 bits per heavy atom. The highest BCUT2D eigenvalue weighted by molar-refractivity contribution is 6.26. The van der Waals surface area contributed by atoms with Gasteiger partial charge in [0.2, 0.25) is 0 Å². The Balaban J connectivity index is 1.61. The molecule has 1 aromatic carbocycles. The van der Waals surface area contributed by atoms with Gasteiger partial charge < -0.3 is 5.32 Å². The van der Waals surface area contributed by atoms with Gasteiger partial charge in [0.05, 0.1) is 11.4 Å². The average Bonchev–Trinajstić information content (AvgIpc) is 3.25. The molecule has 0 atom stereocenters. The zero-order valence-electron chi connectivity index (χ0n) is 16.6. The van der Waals surface area contributed by atoms with E-state index < -0.39 is 0 Å². The van der Waals surface area contributed by atoms with E-state index in [1.54, 1.807) is 12.4 Å². The van der Waals surface area contributed by atoms with E-state index >= 15 is 4.39 Å². The molecule has 0 radical (unpaired) electrons. The average molecular weight is 387 g/mol. The van der Waals surface area contributed by atoms with Crippen LogP contribution in [0.5, 0.6) is 0 Å². The van der Waals surface area contributed by atoms with Crippen molar-refractivity contribution in [3.63, 3.8) is 0 Å². The predicted octanol–water partition coefficient (Wildman–Crippen LogP) is 4.81. The molecule has 29 heavy (non-hydrogen) atoms. The van der Waals surface area contributed by atoms with Gasteiger partial charge in [0, 0.05) is 54.2 Å². The van der Waals surface area contributed by atoms with Crippen LogP contribution >= 0.6 is 0 Å². The lowest BCUT2D eigenvalue weighted by Gasteiger charge is -2.21. The minimum atomic E-state index is -0.308. The molecule has 3 heterocycles. The van der Waals surface area contributed by atoms with Crippen molar-refractivity contribution in [3.05, 3.63) is 64.4 Å². The second-order valence-electron chi connectivity index (χ2n) is 8.04. The summed E-state index contributed by atoms with van der Waals surface area (Å²) in [7, 11) is 0. The van der Waals surface area contributed by atoms with Crippen LogP contribution in [-0.2, 0) is 17.6 Å². The largest absolute Gasteiger partial charge is 0.383 e. The number of hydrogen-bond donors (Lipinski definition) is 1. The van der Waals surface area contributed by atoms with Crippen molar-refractivity contribution in [3.8, 4) is 11.1 Å². The quantitative estimate of drug-likeness (QED) is 0.753. The van der Waals surface area contributed by atoms with Gasteiger partial charge in [0.15, 0.2) is 5.78 Å². The molecule has 5 heteroatoms. The molecule has 1 N–H and O–H groups in total. The standard InChI is InChI=1S/C24H22FN3O/c1-13-6-15(11-27-13)7-19-17-10-18(21(25)8-16(17)9-23(19)29)20-12-28-22-4-3-5-26-24(22)14(20)2/h7-8,10-12,26H,3-6,9H2,1-2H3/b19-7-. The normalized spacial score (nSPS) is 19.0.